The van der Waals surface area contributed by atoms with Crippen LogP contribution in [0.4, 0.5) is 10.1 Å². The topological polar surface area (TPSA) is 70.0 Å². The zero-order valence-electron chi connectivity index (χ0n) is 10.9. The summed E-state index contributed by atoms with van der Waals surface area (Å²) in [5, 5.41) is 8.83. The van der Waals surface area contributed by atoms with Crippen molar-refractivity contribution in [2.45, 2.75) is 11.8 Å². The van der Waals surface area contributed by atoms with Crippen molar-refractivity contribution >= 4 is 27.3 Å². The van der Waals surface area contributed by atoms with Crippen molar-refractivity contribution in [2.75, 3.05) is 4.72 Å². The molecule has 0 aliphatic heterocycles. The summed E-state index contributed by atoms with van der Waals surface area (Å²) in [5.74, 6) is -0.428. The molecule has 0 fully saturated rings. The molecule has 0 saturated heterocycles. The first-order valence-corrected chi connectivity index (χ1v) is 7.68. The molecule has 2 aromatic rings. The Kier molecular flexibility index (Phi) is 4.16. The zero-order valence-corrected chi connectivity index (χ0v) is 12.5. The van der Waals surface area contributed by atoms with Gasteiger partial charge in [0.1, 0.15) is 10.7 Å². The Bertz CT molecular complexity index is 845. The highest BCUT2D eigenvalue weighted by molar-refractivity contribution is 7.92. The van der Waals surface area contributed by atoms with Gasteiger partial charge in [0.2, 0.25) is 0 Å². The molecule has 0 bridgehead atoms. The van der Waals surface area contributed by atoms with E-state index in [4.69, 9.17) is 16.9 Å². The summed E-state index contributed by atoms with van der Waals surface area (Å²) >= 11 is 5.87. The standard InChI is InChI=1S/C14H10ClFN2O2S/c1-9-6-11(3-5-13(9)16)18-21(19,20)14-7-10(8-17)2-4-12(14)15/h2-7,18H,1H3. The molecule has 0 amide bonds. The third-order valence-corrected chi connectivity index (χ3v) is 4.62. The van der Waals surface area contributed by atoms with Crippen LogP contribution in [-0.4, -0.2) is 8.42 Å². The molecule has 0 unspecified atom stereocenters. The predicted octanol–water partition coefficient (Wildman–Crippen LogP) is 3.46. The van der Waals surface area contributed by atoms with Gasteiger partial charge in [-0.2, -0.15) is 5.26 Å². The summed E-state index contributed by atoms with van der Waals surface area (Å²) in [4.78, 5) is -0.204. The minimum absolute atomic E-state index is 0.000309. The second kappa shape index (κ2) is 5.72. The van der Waals surface area contributed by atoms with Gasteiger partial charge in [-0.05, 0) is 48.9 Å². The van der Waals surface area contributed by atoms with Gasteiger partial charge in [-0.1, -0.05) is 11.6 Å². The number of anilines is 1. The normalized spacial score (nSPS) is 11.0. The van der Waals surface area contributed by atoms with Gasteiger partial charge < -0.3 is 0 Å². The minimum Gasteiger partial charge on any atom is -0.280 e. The number of halogens is 2. The maximum absolute atomic E-state index is 13.2. The highest BCUT2D eigenvalue weighted by Gasteiger charge is 2.19. The van der Waals surface area contributed by atoms with Gasteiger partial charge >= 0.3 is 0 Å². The van der Waals surface area contributed by atoms with Crippen LogP contribution >= 0.6 is 11.6 Å². The van der Waals surface area contributed by atoms with E-state index in [0.29, 0.717) is 5.56 Å². The van der Waals surface area contributed by atoms with Crippen LogP contribution in [0.15, 0.2) is 41.3 Å². The first-order chi connectivity index (χ1) is 9.83. The Hall–Kier alpha value is -2.10. The lowest BCUT2D eigenvalue weighted by Crippen LogP contribution is -2.14. The number of hydrogen-bond acceptors (Lipinski definition) is 3. The number of rotatable bonds is 3. The fraction of sp³-hybridized carbons (Fsp3) is 0.0714. The molecule has 0 radical (unpaired) electrons. The van der Waals surface area contributed by atoms with Crippen molar-refractivity contribution in [3.63, 3.8) is 0 Å². The number of nitriles is 1. The van der Waals surface area contributed by atoms with Crippen LogP contribution in [0.3, 0.4) is 0 Å². The smallest absolute Gasteiger partial charge is 0.263 e. The molecule has 0 spiro atoms. The van der Waals surface area contributed by atoms with Crippen molar-refractivity contribution in [1.29, 1.82) is 5.26 Å². The second-order valence-corrected chi connectivity index (χ2v) is 6.38. The Balaban J connectivity index is 2.43. The molecule has 0 heterocycles. The molecule has 2 rings (SSSR count). The summed E-state index contributed by atoms with van der Waals surface area (Å²) < 4.78 is 40.1. The highest BCUT2D eigenvalue weighted by Crippen LogP contribution is 2.25. The molecule has 7 heteroatoms. The van der Waals surface area contributed by atoms with E-state index in [9.17, 15) is 12.8 Å². The van der Waals surface area contributed by atoms with E-state index < -0.39 is 15.8 Å². The van der Waals surface area contributed by atoms with E-state index in [1.54, 1.807) is 0 Å². The molecule has 2 aromatic carbocycles. The Morgan fingerprint density at radius 1 is 1.24 bits per heavy atom. The fourth-order valence-electron chi connectivity index (χ4n) is 1.70. The number of hydrogen-bond donors (Lipinski definition) is 1. The second-order valence-electron chi connectivity index (χ2n) is 4.33. The maximum atomic E-state index is 13.2. The van der Waals surface area contributed by atoms with E-state index in [1.807, 2.05) is 6.07 Å². The number of nitrogens with one attached hydrogen (secondary N) is 1. The molecular weight excluding hydrogens is 315 g/mol. The van der Waals surface area contributed by atoms with E-state index in [1.165, 1.54) is 43.3 Å². The van der Waals surface area contributed by atoms with E-state index >= 15 is 0 Å². The SMILES string of the molecule is Cc1cc(NS(=O)(=O)c2cc(C#N)ccc2Cl)ccc1F. The van der Waals surface area contributed by atoms with Crippen molar-refractivity contribution < 1.29 is 12.8 Å². The monoisotopic (exact) mass is 324 g/mol. The van der Waals surface area contributed by atoms with Crippen LogP contribution in [0.5, 0.6) is 0 Å². The summed E-state index contributed by atoms with van der Waals surface area (Å²) in [6.07, 6.45) is 0. The average molecular weight is 325 g/mol. The molecule has 4 nitrogen and oxygen atoms in total. The van der Waals surface area contributed by atoms with E-state index in [0.717, 1.165) is 0 Å². The number of benzene rings is 2. The average Bonchev–Trinajstić information content (AvgIpc) is 2.43. The van der Waals surface area contributed by atoms with Crippen LogP contribution in [0.2, 0.25) is 5.02 Å². The quantitative estimate of drug-likeness (QED) is 0.940. The van der Waals surface area contributed by atoms with Gasteiger partial charge in [-0.15, -0.1) is 0 Å². The Morgan fingerprint density at radius 3 is 2.57 bits per heavy atom. The number of sulfonamides is 1. The van der Waals surface area contributed by atoms with Crippen molar-refractivity contribution in [3.05, 3.63) is 58.4 Å². The summed E-state index contributed by atoms with van der Waals surface area (Å²) in [6.45, 7) is 1.52. The lowest BCUT2D eigenvalue weighted by molar-refractivity contribution is 0.601. The van der Waals surface area contributed by atoms with E-state index in [2.05, 4.69) is 4.72 Å². The Labute approximate surface area is 126 Å². The van der Waals surface area contributed by atoms with Crippen molar-refractivity contribution in [1.82, 2.24) is 0 Å². The fourth-order valence-corrected chi connectivity index (χ4v) is 3.27. The Morgan fingerprint density at radius 2 is 1.95 bits per heavy atom. The number of aryl methyl sites for hydroxylation is 1. The van der Waals surface area contributed by atoms with Gasteiger partial charge in [0.25, 0.3) is 10.0 Å². The summed E-state index contributed by atoms with van der Waals surface area (Å²) in [7, 11) is -3.96. The largest absolute Gasteiger partial charge is 0.280 e. The lowest BCUT2D eigenvalue weighted by atomic mass is 10.2. The van der Waals surface area contributed by atoms with Crippen molar-refractivity contribution in [2.24, 2.45) is 0 Å². The lowest BCUT2D eigenvalue weighted by Gasteiger charge is -2.10. The third kappa shape index (κ3) is 3.32. The van der Waals surface area contributed by atoms with Gasteiger partial charge in [0, 0.05) is 5.69 Å². The molecule has 0 atom stereocenters. The molecule has 108 valence electrons. The van der Waals surface area contributed by atoms with Crippen LogP contribution < -0.4 is 4.72 Å². The first kappa shape index (κ1) is 15.3. The van der Waals surface area contributed by atoms with Crippen molar-refractivity contribution in [3.8, 4) is 6.07 Å². The first-order valence-electron chi connectivity index (χ1n) is 5.82. The number of nitrogens with zero attached hydrogens (tertiary/aromatic N) is 1. The summed E-state index contributed by atoms with van der Waals surface area (Å²) in [5.41, 5.74) is 0.703. The molecule has 0 aliphatic rings. The molecular formula is C14H10ClFN2O2S. The van der Waals surface area contributed by atoms with Crippen LogP contribution in [0, 0.1) is 24.1 Å². The predicted molar refractivity (Wildman–Crippen MR) is 78.1 cm³/mol. The van der Waals surface area contributed by atoms with Gasteiger partial charge in [-0.3, -0.25) is 4.72 Å². The minimum atomic E-state index is -3.96. The zero-order chi connectivity index (χ0) is 15.6. The molecule has 1 N–H and O–H groups in total. The van der Waals surface area contributed by atoms with Crippen LogP contribution in [-0.2, 0) is 10.0 Å². The summed E-state index contributed by atoms with van der Waals surface area (Å²) in [6, 6.07) is 9.63. The molecule has 0 aromatic heterocycles. The maximum Gasteiger partial charge on any atom is 0.263 e. The van der Waals surface area contributed by atoms with E-state index in [-0.39, 0.29) is 21.2 Å². The van der Waals surface area contributed by atoms with Crippen LogP contribution in [0.25, 0.3) is 0 Å². The molecule has 0 aliphatic carbocycles. The van der Waals surface area contributed by atoms with Gasteiger partial charge in [0.05, 0.1) is 16.7 Å². The van der Waals surface area contributed by atoms with Crippen LogP contribution in [0.1, 0.15) is 11.1 Å². The highest BCUT2D eigenvalue weighted by atomic mass is 35.5. The molecule has 0 saturated carbocycles. The van der Waals surface area contributed by atoms with Gasteiger partial charge in [-0.25, -0.2) is 12.8 Å². The third-order valence-electron chi connectivity index (χ3n) is 2.76. The molecule has 21 heavy (non-hydrogen) atoms. The van der Waals surface area contributed by atoms with Gasteiger partial charge in [0.15, 0.2) is 0 Å².